The van der Waals surface area contributed by atoms with Gasteiger partial charge in [-0.15, -0.1) is 0 Å². The van der Waals surface area contributed by atoms with Crippen LogP contribution in [0.15, 0.2) is 23.1 Å². The molecule has 1 N–H and O–H groups in total. The molecule has 1 fully saturated rings. The van der Waals surface area contributed by atoms with Gasteiger partial charge in [0, 0.05) is 12.6 Å². The highest BCUT2D eigenvalue weighted by Crippen LogP contribution is 2.30. The van der Waals surface area contributed by atoms with Crippen molar-refractivity contribution in [3.8, 4) is 0 Å². The number of benzene rings is 1. The van der Waals surface area contributed by atoms with Gasteiger partial charge < -0.3 is 5.11 Å². The van der Waals surface area contributed by atoms with Gasteiger partial charge in [-0.25, -0.2) is 17.6 Å². The molecule has 7 heteroatoms. The molecule has 2 atom stereocenters. The van der Waals surface area contributed by atoms with Gasteiger partial charge in [-0.1, -0.05) is 6.92 Å². The van der Waals surface area contributed by atoms with Crippen LogP contribution in [-0.2, 0) is 10.0 Å². The van der Waals surface area contributed by atoms with Crippen molar-refractivity contribution in [2.75, 3.05) is 6.54 Å². The average Bonchev–Trinajstić information content (AvgIpc) is 2.41. The minimum atomic E-state index is -4.03. The number of halogens is 1. The van der Waals surface area contributed by atoms with Gasteiger partial charge in [0.15, 0.2) is 0 Å². The van der Waals surface area contributed by atoms with Crippen LogP contribution in [-0.4, -0.2) is 36.4 Å². The molecule has 1 aromatic rings. The van der Waals surface area contributed by atoms with Gasteiger partial charge in [0.1, 0.15) is 5.82 Å². The summed E-state index contributed by atoms with van der Waals surface area (Å²) in [7, 11) is -4.03. The fraction of sp³-hybridized carbons (Fsp3) is 0.500. The van der Waals surface area contributed by atoms with Crippen molar-refractivity contribution in [1.82, 2.24) is 4.31 Å². The lowest BCUT2D eigenvalue weighted by Gasteiger charge is -2.37. The molecule has 0 aliphatic carbocycles. The molecule has 1 heterocycles. The van der Waals surface area contributed by atoms with Crippen molar-refractivity contribution >= 4 is 16.0 Å². The van der Waals surface area contributed by atoms with Crippen molar-refractivity contribution < 1.29 is 22.7 Å². The molecule has 116 valence electrons. The number of piperidine rings is 1. The summed E-state index contributed by atoms with van der Waals surface area (Å²) in [6, 6.07) is 2.48. The van der Waals surface area contributed by atoms with E-state index in [-0.39, 0.29) is 12.0 Å². The summed E-state index contributed by atoms with van der Waals surface area (Å²) in [5.41, 5.74) is -0.401. The first-order valence-corrected chi connectivity index (χ1v) is 8.24. The van der Waals surface area contributed by atoms with Crippen LogP contribution in [0.1, 0.15) is 37.0 Å². The number of nitrogens with zero attached hydrogens (tertiary/aromatic N) is 1. The highest BCUT2D eigenvalue weighted by Gasteiger charge is 2.36. The number of carboxylic acid groups (broad SMARTS) is 1. The number of hydrogen-bond acceptors (Lipinski definition) is 3. The number of aromatic carboxylic acids is 1. The Labute approximate surface area is 123 Å². The van der Waals surface area contributed by atoms with Gasteiger partial charge in [0.05, 0.1) is 10.5 Å². The van der Waals surface area contributed by atoms with Crippen molar-refractivity contribution in [3.63, 3.8) is 0 Å². The molecule has 21 heavy (non-hydrogen) atoms. The Balaban J connectivity index is 2.53. The summed E-state index contributed by atoms with van der Waals surface area (Å²) in [6.45, 7) is 4.07. The predicted octanol–water partition coefficient (Wildman–Crippen LogP) is 2.33. The lowest BCUT2D eigenvalue weighted by molar-refractivity contribution is 0.0692. The van der Waals surface area contributed by atoms with Crippen LogP contribution in [0.3, 0.4) is 0 Å². The minimum Gasteiger partial charge on any atom is -0.478 e. The molecule has 1 saturated heterocycles. The Morgan fingerprint density at radius 3 is 2.67 bits per heavy atom. The van der Waals surface area contributed by atoms with Gasteiger partial charge in [-0.05, 0) is 43.9 Å². The summed E-state index contributed by atoms with van der Waals surface area (Å²) in [5.74, 6) is -1.97. The van der Waals surface area contributed by atoms with E-state index in [1.54, 1.807) is 6.92 Å². The van der Waals surface area contributed by atoms with E-state index in [1.807, 2.05) is 6.92 Å². The fourth-order valence-corrected chi connectivity index (χ4v) is 4.61. The number of sulfonamides is 1. The third-order valence-electron chi connectivity index (χ3n) is 4.08. The summed E-state index contributed by atoms with van der Waals surface area (Å²) < 4.78 is 40.1. The van der Waals surface area contributed by atoms with Crippen LogP contribution in [0.25, 0.3) is 0 Å². The standard InChI is InChI=1S/C14H18FNO4S/c1-9-4-3-7-16(10(9)2)21(19,20)13-8-11(15)5-6-12(13)14(17)18/h5-6,8-10H,3-4,7H2,1-2H3,(H,17,18). The van der Waals surface area contributed by atoms with E-state index < -0.39 is 32.3 Å². The van der Waals surface area contributed by atoms with Crippen LogP contribution < -0.4 is 0 Å². The first-order chi connectivity index (χ1) is 9.75. The second-order valence-corrected chi connectivity index (χ2v) is 7.28. The third kappa shape index (κ3) is 2.94. The quantitative estimate of drug-likeness (QED) is 0.929. The molecular weight excluding hydrogens is 297 g/mol. The minimum absolute atomic E-state index is 0.176. The van der Waals surface area contributed by atoms with Crippen LogP contribution in [0, 0.1) is 11.7 Å². The molecule has 1 aliphatic heterocycles. The molecule has 5 nitrogen and oxygen atoms in total. The molecule has 2 rings (SSSR count). The molecule has 1 aliphatic rings. The molecule has 1 aromatic carbocycles. The van der Waals surface area contributed by atoms with Gasteiger partial charge in [-0.2, -0.15) is 4.31 Å². The monoisotopic (exact) mass is 315 g/mol. The molecule has 2 unspecified atom stereocenters. The number of carbonyl (C=O) groups is 1. The maximum atomic E-state index is 13.4. The number of rotatable bonds is 3. The van der Waals surface area contributed by atoms with E-state index in [2.05, 4.69) is 0 Å². The molecule has 0 spiro atoms. The Hall–Kier alpha value is -1.47. The van der Waals surface area contributed by atoms with E-state index in [0.29, 0.717) is 13.0 Å². The Morgan fingerprint density at radius 1 is 1.38 bits per heavy atom. The Bertz CT molecular complexity index is 659. The SMILES string of the molecule is CC1CCCN(S(=O)(=O)c2cc(F)ccc2C(=O)O)C1C. The van der Waals surface area contributed by atoms with Crippen molar-refractivity contribution in [3.05, 3.63) is 29.6 Å². The van der Waals surface area contributed by atoms with Gasteiger partial charge in [0.2, 0.25) is 10.0 Å². The molecule has 0 amide bonds. The van der Waals surface area contributed by atoms with Crippen molar-refractivity contribution in [1.29, 1.82) is 0 Å². The smallest absolute Gasteiger partial charge is 0.337 e. The summed E-state index contributed by atoms with van der Waals surface area (Å²) >= 11 is 0. The average molecular weight is 315 g/mol. The first kappa shape index (κ1) is 15.9. The second kappa shape index (κ2) is 5.73. The van der Waals surface area contributed by atoms with Crippen LogP contribution in [0.2, 0.25) is 0 Å². The number of carboxylic acids is 1. The number of hydrogen-bond donors (Lipinski definition) is 1. The maximum Gasteiger partial charge on any atom is 0.337 e. The maximum absolute atomic E-state index is 13.4. The normalized spacial score (nSPS) is 24.0. The lowest BCUT2D eigenvalue weighted by atomic mass is 9.94. The van der Waals surface area contributed by atoms with E-state index >= 15 is 0 Å². The predicted molar refractivity (Wildman–Crippen MR) is 75.1 cm³/mol. The van der Waals surface area contributed by atoms with Crippen molar-refractivity contribution in [2.45, 2.75) is 37.6 Å². The topological polar surface area (TPSA) is 74.7 Å². The van der Waals surface area contributed by atoms with E-state index in [1.165, 1.54) is 4.31 Å². The zero-order valence-corrected chi connectivity index (χ0v) is 12.7. The summed E-state index contributed by atoms with van der Waals surface area (Å²) in [5, 5.41) is 9.13. The molecule has 0 aromatic heterocycles. The molecule has 0 radical (unpaired) electrons. The molecule has 0 bridgehead atoms. The third-order valence-corrected chi connectivity index (χ3v) is 6.10. The highest BCUT2D eigenvalue weighted by atomic mass is 32.2. The Morgan fingerprint density at radius 2 is 2.05 bits per heavy atom. The molecular formula is C14H18FNO4S. The highest BCUT2D eigenvalue weighted by molar-refractivity contribution is 7.89. The second-order valence-electron chi connectivity index (χ2n) is 5.42. The first-order valence-electron chi connectivity index (χ1n) is 6.80. The van der Waals surface area contributed by atoms with E-state index in [9.17, 15) is 17.6 Å². The Kier molecular flexibility index (Phi) is 4.34. The molecule has 0 saturated carbocycles. The fourth-order valence-electron chi connectivity index (χ4n) is 2.65. The summed E-state index contributed by atoms with van der Waals surface area (Å²) in [4.78, 5) is 10.7. The van der Waals surface area contributed by atoms with Crippen LogP contribution >= 0.6 is 0 Å². The van der Waals surface area contributed by atoms with Crippen molar-refractivity contribution in [2.24, 2.45) is 5.92 Å². The summed E-state index contributed by atoms with van der Waals surface area (Å²) in [6.07, 6.45) is 1.63. The van der Waals surface area contributed by atoms with E-state index in [4.69, 9.17) is 5.11 Å². The van der Waals surface area contributed by atoms with Gasteiger partial charge in [0.25, 0.3) is 0 Å². The van der Waals surface area contributed by atoms with Crippen LogP contribution in [0.5, 0.6) is 0 Å². The zero-order valence-electron chi connectivity index (χ0n) is 11.9. The van der Waals surface area contributed by atoms with Gasteiger partial charge >= 0.3 is 5.97 Å². The van der Waals surface area contributed by atoms with Gasteiger partial charge in [-0.3, -0.25) is 0 Å². The largest absolute Gasteiger partial charge is 0.478 e. The lowest BCUT2D eigenvalue weighted by Crippen LogP contribution is -2.46. The zero-order chi connectivity index (χ0) is 15.8. The van der Waals surface area contributed by atoms with E-state index in [0.717, 1.165) is 24.6 Å². The van der Waals surface area contributed by atoms with Crippen LogP contribution in [0.4, 0.5) is 4.39 Å².